The molecule has 1 aromatic heterocycles. The Labute approximate surface area is 159 Å². The maximum absolute atomic E-state index is 13.2. The molecule has 1 unspecified atom stereocenters. The number of imidazole rings is 1. The first-order valence-electron chi connectivity index (χ1n) is 9.27. The van der Waals surface area contributed by atoms with E-state index >= 15 is 0 Å². The molecule has 0 bridgehead atoms. The molecule has 1 fully saturated rings. The van der Waals surface area contributed by atoms with Gasteiger partial charge in [0.15, 0.2) is 6.19 Å². The molecule has 142 valence electrons. The van der Waals surface area contributed by atoms with Crippen molar-refractivity contribution in [1.29, 1.82) is 5.26 Å². The van der Waals surface area contributed by atoms with Crippen LogP contribution in [0.3, 0.4) is 0 Å². The maximum atomic E-state index is 13.2. The molecule has 1 saturated carbocycles. The lowest BCUT2D eigenvalue weighted by atomic mass is 9.53. The average Bonchev–Trinajstić information content (AvgIpc) is 3.20. The number of carbonyl (C=O) groups excluding carboxylic acids is 2. The number of hydrogen-bond acceptors (Lipinski definition) is 4. The molecule has 7 nitrogen and oxygen atoms in total. The van der Waals surface area contributed by atoms with E-state index in [9.17, 15) is 14.9 Å². The molecule has 0 radical (unpaired) electrons. The van der Waals surface area contributed by atoms with E-state index in [0.29, 0.717) is 25.8 Å². The summed E-state index contributed by atoms with van der Waals surface area (Å²) >= 11 is 0. The molecular weight excluding hydrogens is 342 g/mol. The highest BCUT2D eigenvalue weighted by Crippen LogP contribution is 2.55. The number of hydrogen-bond donors (Lipinski definition) is 1. The lowest BCUT2D eigenvalue weighted by molar-refractivity contribution is -0.155. The van der Waals surface area contributed by atoms with E-state index in [1.165, 1.54) is 7.05 Å². The summed E-state index contributed by atoms with van der Waals surface area (Å²) in [6.07, 6.45) is 17.1. The van der Waals surface area contributed by atoms with Crippen molar-refractivity contribution in [3.05, 3.63) is 42.5 Å². The molecule has 2 amide bonds. The second-order valence-corrected chi connectivity index (χ2v) is 7.49. The molecule has 7 heteroatoms. The van der Waals surface area contributed by atoms with Gasteiger partial charge < -0.3 is 10.3 Å². The Hall–Kier alpha value is -2.88. The molecule has 0 saturated heterocycles. The van der Waals surface area contributed by atoms with Crippen LogP contribution in [0.5, 0.6) is 0 Å². The van der Waals surface area contributed by atoms with Gasteiger partial charge in [-0.2, -0.15) is 5.26 Å². The molecule has 0 aliphatic heterocycles. The van der Waals surface area contributed by atoms with Crippen LogP contribution in [0.1, 0.15) is 38.5 Å². The molecule has 3 rings (SSSR count). The van der Waals surface area contributed by atoms with Crippen molar-refractivity contribution in [3.8, 4) is 6.19 Å². The summed E-state index contributed by atoms with van der Waals surface area (Å²) in [5, 5.41) is 9.26. The third kappa shape index (κ3) is 3.16. The summed E-state index contributed by atoms with van der Waals surface area (Å²) < 4.78 is 1.94. The van der Waals surface area contributed by atoms with Gasteiger partial charge in [0.05, 0.1) is 17.2 Å². The van der Waals surface area contributed by atoms with Gasteiger partial charge >= 0.3 is 0 Å². The summed E-state index contributed by atoms with van der Waals surface area (Å²) in [7, 11) is 1.46. The second kappa shape index (κ2) is 7.39. The second-order valence-electron chi connectivity index (χ2n) is 7.49. The van der Waals surface area contributed by atoms with Gasteiger partial charge in [-0.25, -0.2) is 4.98 Å². The number of carbonyl (C=O) groups is 2. The van der Waals surface area contributed by atoms with Crippen molar-refractivity contribution in [2.75, 3.05) is 7.05 Å². The third-order valence-electron chi connectivity index (χ3n) is 6.06. The minimum absolute atomic E-state index is 0.306. The Morgan fingerprint density at radius 2 is 2.11 bits per heavy atom. The highest BCUT2D eigenvalue weighted by atomic mass is 16.2. The fourth-order valence-corrected chi connectivity index (χ4v) is 4.53. The Bertz CT molecular complexity index is 812. The van der Waals surface area contributed by atoms with Gasteiger partial charge in [-0.1, -0.05) is 37.5 Å². The Morgan fingerprint density at radius 1 is 1.37 bits per heavy atom. The topological polar surface area (TPSA) is 105 Å². The highest BCUT2D eigenvalue weighted by Gasteiger charge is 2.59. The molecule has 1 aromatic rings. The van der Waals surface area contributed by atoms with Gasteiger partial charge in [-0.15, -0.1) is 0 Å². The van der Waals surface area contributed by atoms with Crippen molar-refractivity contribution in [2.45, 2.75) is 45.1 Å². The van der Waals surface area contributed by atoms with Crippen LogP contribution < -0.4 is 5.73 Å². The standard InChI is InChI=1S/C20H25N5O2/c1-24(14-21)18(27)20(7-3-2-4-8-20)19(17(22)26)9-5-16(6-10-19)13-25-12-11-23-15-25/h5-6,9,11-12,15H,2-4,7-8,10,13H2,1H3,(H2,22,26). The summed E-state index contributed by atoms with van der Waals surface area (Å²) in [5.74, 6) is -0.808. The number of allylic oxidation sites excluding steroid dienone is 3. The molecular formula is C20H25N5O2. The normalized spacial score (nSPS) is 23.9. The molecule has 2 aliphatic carbocycles. The number of nitrogens with zero attached hydrogens (tertiary/aromatic N) is 4. The number of primary amides is 1. The molecule has 0 aromatic carbocycles. The lowest BCUT2D eigenvalue weighted by Crippen LogP contribution is -2.58. The monoisotopic (exact) mass is 367 g/mol. The van der Waals surface area contributed by atoms with Crippen molar-refractivity contribution in [3.63, 3.8) is 0 Å². The zero-order valence-electron chi connectivity index (χ0n) is 15.6. The van der Waals surface area contributed by atoms with Crippen LogP contribution >= 0.6 is 0 Å². The number of aromatic nitrogens is 2. The van der Waals surface area contributed by atoms with E-state index in [0.717, 1.165) is 29.7 Å². The number of nitriles is 1. The smallest absolute Gasteiger partial charge is 0.242 e. The largest absolute Gasteiger partial charge is 0.369 e. The van der Waals surface area contributed by atoms with E-state index in [4.69, 9.17) is 5.73 Å². The number of rotatable bonds is 5. The van der Waals surface area contributed by atoms with E-state index < -0.39 is 16.7 Å². The fourth-order valence-electron chi connectivity index (χ4n) is 4.53. The van der Waals surface area contributed by atoms with Crippen LogP contribution in [0.25, 0.3) is 0 Å². The zero-order valence-corrected chi connectivity index (χ0v) is 15.6. The predicted molar refractivity (Wildman–Crippen MR) is 99.6 cm³/mol. The first kappa shape index (κ1) is 18.9. The fraction of sp³-hybridized carbons (Fsp3) is 0.500. The zero-order chi connectivity index (χ0) is 19.5. The van der Waals surface area contributed by atoms with Crippen LogP contribution in [0.15, 0.2) is 42.5 Å². The molecule has 1 heterocycles. The van der Waals surface area contributed by atoms with Crippen molar-refractivity contribution in [2.24, 2.45) is 16.6 Å². The summed E-state index contributed by atoms with van der Waals surface area (Å²) in [4.78, 5) is 31.0. The minimum atomic E-state index is -1.10. The number of amides is 2. The molecule has 1 atom stereocenters. The predicted octanol–water partition coefficient (Wildman–Crippen LogP) is 2.13. The summed E-state index contributed by atoms with van der Waals surface area (Å²) in [6, 6.07) is 0. The van der Waals surface area contributed by atoms with Gasteiger partial charge in [0, 0.05) is 26.0 Å². The Morgan fingerprint density at radius 3 is 2.63 bits per heavy atom. The van der Waals surface area contributed by atoms with E-state index in [1.807, 2.05) is 35.2 Å². The summed E-state index contributed by atoms with van der Waals surface area (Å²) in [5.41, 5.74) is 4.86. The van der Waals surface area contributed by atoms with Crippen molar-refractivity contribution < 1.29 is 9.59 Å². The van der Waals surface area contributed by atoms with E-state index in [2.05, 4.69) is 4.98 Å². The first-order valence-corrected chi connectivity index (χ1v) is 9.27. The van der Waals surface area contributed by atoms with Gasteiger partial charge in [-0.3, -0.25) is 14.5 Å². The molecule has 2 aliphatic rings. The Kier molecular flexibility index (Phi) is 5.17. The average molecular weight is 367 g/mol. The molecule has 27 heavy (non-hydrogen) atoms. The quantitative estimate of drug-likeness (QED) is 0.636. The lowest BCUT2D eigenvalue weighted by Gasteiger charge is -2.49. The first-order chi connectivity index (χ1) is 12.9. The van der Waals surface area contributed by atoms with Crippen LogP contribution in [-0.4, -0.2) is 33.3 Å². The van der Waals surface area contributed by atoms with Crippen LogP contribution in [0.4, 0.5) is 0 Å². The minimum Gasteiger partial charge on any atom is -0.369 e. The van der Waals surface area contributed by atoms with E-state index in [-0.39, 0.29) is 5.91 Å². The molecule has 2 N–H and O–H groups in total. The Balaban J connectivity index is 1.97. The maximum Gasteiger partial charge on any atom is 0.242 e. The molecule has 0 spiro atoms. The van der Waals surface area contributed by atoms with Crippen molar-refractivity contribution >= 4 is 11.8 Å². The van der Waals surface area contributed by atoms with Gasteiger partial charge in [0.1, 0.15) is 0 Å². The van der Waals surface area contributed by atoms with Gasteiger partial charge in [-0.05, 0) is 24.8 Å². The van der Waals surface area contributed by atoms with Crippen molar-refractivity contribution in [1.82, 2.24) is 14.5 Å². The highest BCUT2D eigenvalue weighted by molar-refractivity contribution is 5.95. The number of nitrogens with two attached hydrogens (primary N) is 1. The van der Waals surface area contributed by atoms with Crippen LogP contribution in [-0.2, 0) is 16.1 Å². The van der Waals surface area contributed by atoms with E-state index in [1.54, 1.807) is 12.5 Å². The van der Waals surface area contributed by atoms with Crippen LogP contribution in [0.2, 0.25) is 0 Å². The van der Waals surface area contributed by atoms with Gasteiger partial charge in [0.2, 0.25) is 11.8 Å². The van der Waals surface area contributed by atoms with Gasteiger partial charge in [0.25, 0.3) is 0 Å². The summed E-state index contributed by atoms with van der Waals surface area (Å²) in [6.45, 7) is 0.643. The third-order valence-corrected chi connectivity index (χ3v) is 6.06. The van der Waals surface area contributed by atoms with Crippen LogP contribution in [0, 0.1) is 22.3 Å². The SMILES string of the molecule is CN(C#N)C(=O)C1(C2(C(N)=O)C=CC(Cn3ccnc3)=CC2)CCCCC1.